The number of halogens is 1. The molecule has 0 unspecified atom stereocenters. The SMILES string of the molecule is COC(=O)c1cc(N2CCN(CCc3c[nH]c4cc(Cl)ccc34)CC2)c2cc[nH]c2c1.O=C(O)C(=O)O. The highest BCUT2D eigenvalue weighted by Gasteiger charge is 2.21. The number of aromatic nitrogens is 2. The Morgan fingerprint density at radius 3 is 2.32 bits per heavy atom. The minimum atomic E-state index is -1.82. The van der Waals surface area contributed by atoms with Gasteiger partial charge < -0.3 is 29.8 Å². The number of nitrogens with one attached hydrogen (secondary N) is 2. The molecule has 0 bridgehead atoms. The first-order chi connectivity index (χ1) is 17.8. The number of aliphatic carboxylic acids is 2. The van der Waals surface area contributed by atoms with E-state index in [9.17, 15) is 4.79 Å². The van der Waals surface area contributed by atoms with Gasteiger partial charge >= 0.3 is 17.9 Å². The molecule has 1 fully saturated rings. The minimum Gasteiger partial charge on any atom is -0.473 e. The molecule has 10 nitrogen and oxygen atoms in total. The Labute approximate surface area is 217 Å². The number of anilines is 1. The number of carboxylic acids is 2. The number of hydrogen-bond acceptors (Lipinski definition) is 6. The first-order valence-corrected chi connectivity index (χ1v) is 12.0. The summed E-state index contributed by atoms with van der Waals surface area (Å²) in [5.74, 6) is -3.96. The van der Waals surface area contributed by atoms with Crippen LogP contribution >= 0.6 is 11.6 Å². The van der Waals surface area contributed by atoms with E-state index in [4.69, 9.17) is 36.1 Å². The molecule has 4 N–H and O–H groups in total. The van der Waals surface area contributed by atoms with Crippen molar-refractivity contribution in [3.05, 3.63) is 64.9 Å². The number of rotatable bonds is 5. The van der Waals surface area contributed by atoms with Crippen LogP contribution in [0.2, 0.25) is 5.02 Å². The Bertz CT molecular complexity index is 1430. The number of H-pyrrole nitrogens is 2. The Morgan fingerprint density at radius 2 is 1.65 bits per heavy atom. The molecule has 1 aliphatic heterocycles. The number of fused-ring (bicyclic) bond motifs is 2. The number of ether oxygens (including phenoxy) is 1. The zero-order valence-corrected chi connectivity index (χ0v) is 20.9. The van der Waals surface area contributed by atoms with Crippen LogP contribution in [0, 0.1) is 0 Å². The smallest absolute Gasteiger partial charge is 0.414 e. The normalized spacial score (nSPS) is 13.8. The van der Waals surface area contributed by atoms with E-state index in [1.54, 1.807) is 0 Å². The number of piperazine rings is 1. The molecule has 0 saturated carbocycles. The summed E-state index contributed by atoms with van der Waals surface area (Å²) in [6.45, 7) is 4.85. The molecule has 2 aromatic carbocycles. The maximum atomic E-state index is 12.1. The summed E-state index contributed by atoms with van der Waals surface area (Å²) in [6, 6.07) is 11.9. The molecule has 0 amide bonds. The topological polar surface area (TPSA) is 139 Å². The predicted octanol–water partition coefficient (Wildman–Crippen LogP) is 3.61. The van der Waals surface area contributed by atoms with Crippen molar-refractivity contribution < 1.29 is 29.3 Å². The lowest BCUT2D eigenvalue weighted by atomic mass is 10.1. The number of nitrogens with zero attached hydrogens (tertiary/aromatic N) is 2. The zero-order valence-electron chi connectivity index (χ0n) is 20.2. The molecule has 2 aromatic heterocycles. The maximum absolute atomic E-state index is 12.1. The van der Waals surface area contributed by atoms with Crippen molar-refractivity contribution in [1.29, 1.82) is 0 Å². The fourth-order valence-corrected chi connectivity index (χ4v) is 4.67. The van der Waals surface area contributed by atoms with E-state index in [-0.39, 0.29) is 5.97 Å². The Morgan fingerprint density at radius 1 is 0.946 bits per heavy atom. The van der Waals surface area contributed by atoms with E-state index in [0.717, 1.165) is 66.3 Å². The second-order valence-electron chi connectivity index (χ2n) is 8.62. The van der Waals surface area contributed by atoms with Crippen molar-refractivity contribution in [2.45, 2.75) is 6.42 Å². The Kier molecular flexibility index (Phi) is 8.00. The highest BCUT2D eigenvalue weighted by Crippen LogP contribution is 2.30. The molecule has 0 radical (unpaired) electrons. The highest BCUT2D eigenvalue weighted by atomic mass is 35.5. The average Bonchev–Trinajstić information content (AvgIpc) is 3.53. The van der Waals surface area contributed by atoms with E-state index < -0.39 is 11.9 Å². The molecular formula is C26H27ClN4O6. The molecule has 0 atom stereocenters. The van der Waals surface area contributed by atoms with Gasteiger partial charge in [-0.2, -0.15) is 0 Å². The monoisotopic (exact) mass is 526 g/mol. The van der Waals surface area contributed by atoms with Crippen LogP contribution < -0.4 is 4.90 Å². The van der Waals surface area contributed by atoms with Gasteiger partial charge in [-0.3, -0.25) is 4.90 Å². The summed E-state index contributed by atoms with van der Waals surface area (Å²) in [7, 11) is 1.42. The van der Waals surface area contributed by atoms with Crippen LogP contribution in [0.15, 0.2) is 48.8 Å². The van der Waals surface area contributed by atoms with Gasteiger partial charge in [-0.1, -0.05) is 17.7 Å². The molecule has 5 rings (SSSR count). The number of methoxy groups -OCH3 is 1. The standard InChI is InChI=1S/C24H25ClN4O2.C2H2O4/c1-31-24(30)17-12-21-20(4-6-26-21)23(13-17)29-10-8-28(9-11-29)7-5-16-15-27-22-14-18(25)2-3-19(16)22;3-1(4)2(5)6/h2-4,6,12-15,26-27H,5,7-11H2,1H3;(H,3,4)(H,5,6). The number of carbonyl (C=O) groups excluding carboxylic acids is 1. The van der Waals surface area contributed by atoms with Crippen molar-refractivity contribution >= 4 is 57.0 Å². The molecule has 11 heteroatoms. The second-order valence-corrected chi connectivity index (χ2v) is 9.06. The number of esters is 1. The van der Waals surface area contributed by atoms with Gasteiger partial charge in [0.05, 0.1) is 12.7 Å². The van der Waals surface area contributed by atoms with Gasteiger partial charge in [0, 0.05) is 77.6 Å². The lowest BCUT2D eigenvalue weighted by Gasteiger charge is -2.36. The summed E-state index contributed by atoms with van der Waals surface area (Å²) >= 11 is 6.09. The molecule has 1 aliphatic rings. The van der Waals surface area contributed by atoms with Crippen LogP contribution in [0.3, 0.4) is 0 Å². The highest BCUT2D eigenvalue weighted by molar-refractivity contribution is 6.31. The van der Waals surface area contributed by atoms with Crippen LogP contribution in [-0.2, 0) is 20.7 Å². The molecule has 37 heavy (non-hydrogen) atoms. The quantitative estimate of drug-likeness (QED) is 0.228. The van der Waals surface area contributed by atoms with Gasteiger partial charge in [0.15, 0.2) is 0 Å². The van der Waals surface area contributed by atoms with Gasteiger partial charge in [0.25, 0.3) is 0 Å². The van der Waals surface area contributed by atoms with Crippen molar-refractivity contribution in [3.8, 4) is 0 Å². The molecule has 3 heterocycles. The summed E-state index contributed by atoms with van der Waals surface area (Å²) in [5.41, 5.74) is 5.05. The van der Waals surface area contributed by atoms with E-state index >= 15 is 0 Å². The summed E-state index contributed by atoms with van der Waals surface area (Å²) in [5, 5.41) is 17.9. The van der Waals surface area contributed by atoms with Gasteiger partial charge in [-0.05, 0) is 42.3 Å². The summed E-state index contributed by atoms with van der Waals surface area (Å²) in [4.78, 5) is 41.7. The van der Waals surface area contributed by atoms with Crippen LogP contribution in [0.5, 0.6) is 0 Å². The summed E-state index contributed by atoms with van der Waals surface area (Å²) < 4.78 is 4.94. The zero-order chi connectivity index (χ0) is 26.5. The second kappa shape index (κ2) is 11.4. The third-order valence-corrected chi connectivity index (χ3v) is 6.63. The lowest BCUT2D eigenvalue weighted by Crippen LogP contribution is -2.47. The van der Waals surface area contributed by atoms with Crippen molar-refractivity contribution in [2.24, 2.45) is 0 Å². The van der Waals surface area contributed by atoms with Crippen LogP contribution in [0.4, 0.5) is 5.69 Å². The first kappa shape index (κ1) is 26.1. The van der Waals surface area contributed by atoms with Crippen LogP contribution in [0.25, 0.3) is 21.8 Å². The van der Waals surface area contributed by atoms with E-state index in [1.165, 1.54) is 18.1 Å². The van der Waals surface area contributed by atoms with E-state index in [2.05, 4.69) is 38.1 Å². The number of carbonyl (C=O) groups is 3. The number of carboxylic acid groups (broad SMARTS) is 2. The van der Waals surface area contributed by atoms with Gasteiger partial charge in [-0.15, -0.1) is 0 Å². The molecule has 4 aromatic rings. The van der Waals surface area contributed by atoms with Gasteiger partial charge in [0.2, 0.25) is 0 Å². The lowest BCUT2D eigenvalue weighted by molar-refractivity contribution is -0.159. The Hall–Kier alpha value is -4.02. The maximum Gasteiger partial charge on any atom is 0.414 e. The molecule has 0 spiro atoms. The predicted molar refractivity (Wildman–Crippen MR) is 141 cm³/mol. The van der Waals surface area contributed by atoms with E-state index in [0.29, 0.717) is 5.56 Å². The van der Waals surface area contributed by atoms with Crippen molar-refractivity contribution in [2.75, 3.05) is 44.7 Å². The van der Waals surface area contributed by atoms with Crippen molar-refractivity contribution in [1.82, 2.24) is 14.9 Å². The first-order valence-electron chi connectivity index (χ1n) is 11.7. The average molecular weight is 527 g/mol. The number of hydrogen-bond donors (Lipinski definition) is 4. The number of benzene rings is 2. The van der Waals surface area contributed by atoms with Crippen LogP contribution in [-0.4, -0.2) is 82.8 Å². The van der Waals surface area contributed by atoms with Crippen LogP contribution in [0.1, 0.15) is 15.9 Å². The third-order valence-electron chi connectivity index (χ3n) is 6.39. The van der Waals surface area contributed by atoms with Gasteiger partial charge in [-0.25, -0.2) is 14.4 Å². The molecular weight excluding hydrogens is 500 g/mol. The minimum absolute atomic E-state index is 0.309. The van der Waals surface area contributed by atoms with E-state index in [1.807, 2.05) is 30.5 Å². The largest absolute Gasteiger partial charge is 0.473 e. The summed E-state index contributed by atoms with van der Waals surface area (Å²) in [6.07, 6.45) is 5.01. The third kappa shape index (κ3) is 6.04. The molecule has 1 saturated heterocycles. The molecule has 194 valence electrons. The fourth-order valence-electron chi connectivity index (χ4n) is 4.50. The van der Waals surface area contributed by atoms with Crippen molar-refractivity contribution in [3.63, 3.8) is 0 Å². The fraction of sp³-hybridized carbons (Fsp3) is 0.269. The molecule has 0 aliphatic carbocycles. The van der Waals surface area contributed by atoms with Gasteiger partial charge in [0.1, 0.15) is 0 Å². The Balaban J connectivity index is 0.000000480. The number of aromatic amines is 2.